The van der Waals surface area contributed by atoms with Crippen molar-refractivity contribution in [2.75, 3.05) is 13.2 Å². The van der Waals surface area contributed by atoms with Gasteiger partial charge in [-0.15, -0.1) is 0 Å². The molecule has 0 aliphatic heterocycles. The molecule has 102 valence electrons. The first-order valence-electron chi connectivity index (χ1n) is 6.49. The van der Waals surface area contributed by atoms with Gasteiger partial charge in [-0.25, -0.2) is 4.52 Å². The zero-order valence-electron chi connectivity index (χ0n) is 11.3. The number of carbonyl (C=O) groups excluding carboxylic acids is 1. The van der Waals surface area contributed by atoms with Crippen LogP contribution in [0.5, 0.6) is 0 Å². The fourth-order valence-electron chi connectivity index (χ4n) is 2.09. The summed E-state index contributed by atoms with van der Waals surface area (Å²) >= 11 is 0. The highest BCUT2D eigenvalue weighted by molar-refractivity contribution is 6.00. The van der Waals surface area contributed by atoms with Crippen molar-refractivity contribution in [1.29, 1.82) is 0 Å². The lowest BCUT2D eigenvalue weighted by Gasteiger charge is -2.26. The van der Waals surface area contributed by atoms with Crippen LogP contribution in [0, 0.1) is 0 Å². The molecular formula is C14H19N3O2. The van der Waals surface area contributed by atoms with Gasteiger partial charge in [0, 0.05) is 25.4 Å². The number of fused-ring (bicyclic) bond motifs is 1. The molecule has 0 atom stereocenters. The number of hydrogen-bond acceptors (Lipinski definition) is 3. The Balaban J connectivity index is 2.30. The maximum absolute atomic E-state index is 12.6. The van der Waals surface area contributed by atoms with Crippen molar-refractivity contribution in [2.24, 2.45) is 0 Å². The molecule has 5 nitrogen and oxygen atoms in total. The monoisotopic (exact) mass is 261 g/mol. The van der Waals surface area contributed by atoms with Gasteiger partial charge in [-0.3, -0.25) is 4.79 Å². The van der Waals surface area contributed by atoms with E-state index in [-0.39, 0.29) is 18.6 Å². The van der Waals surface area contributed by atoms with E-state index in [4.69, 9.17) is 5.11 Å². The van der Waals surface area contributed by atoms with E-state index in [0.29, 0.717) is 18.5 Å². The number of rotatable bonds is 5. The van der Waals surface area contributed by atoms with Crippen molar-refractivity contribution >= 4 is 11.4 Å². The average Bonchev–Trinajstić information content (AvgIpc) is 2.82. The van der Waals surface area contributed by atoms with E-state index in [1.54, 1.807) is 15.6 Å². The highest BCUT2D eigenvalue weighted by Gasteiger charge is 2.21. The second kappa shape index (κ2) is 5.84. The lowest BCUT2D eigenvalue weighted by Crippen LogP contribution is -2.38. The molecule has 1 amide bonds. The van der Waals surface area contributed by atoms with Gasteiger partial charge in [0.1, 0.15) is 0 Å². The minimum absolute atomic E-state index is 0.0374. The average molecular weight is 261 g/mol. The summed E-state index contributed by atoms with van der Waals surface area (Å²) in [5.41, 5.74) is 1.41. The largest absolute Gasteiger partial charge is 0.396 e. The number of aliphatic hydroxyl groups excluding tert-OH is 1. The Labute approximate surface area is 112 Å². The van der Waals surface area contributed by atoms with E-state index in [0.717, 1.165) is 5.52 Å². The van der Waals surface area contributed by atoms with Crippen molar-refractivity contribution in [3.63, 3.8) is 0 Å². The van der Waals surface area contributed by atoms with Gasteiger partial charge in [-0.1, -0.05) is 6.07 Å². The highest BCUT2D eigenvalue weighted by atomic mass is 16.3. The number of hydrogen-bond donors (Lipinski definition) is 1. The molecule has 0 aliphatic rings. The summed E-state index contributed by atoms with van der Waals surface area (Å²) < 4.78 is 1.69. The Morgan fingerprint density at radius 1 is 1.47 bits per heavy atom. The minimum atomic E-state index is -0.0374. The molecule has 0 spiro atoms. The van der Waals surface area contributed by atoms with Crippen LogP contribution in [0.1, 0.15) is 30.6 Å². The third-order valence-electron chi connectivity index (χ3n) is 3.10. The molecule has 2 aromatic rings. The first kappa shape index (κ1) is 13.5. The van der Waals surface area contributed by atoms with Gasteiger partial charge >= 0.3 is 0 Å². The van der Waals surface area contributed by atoms with E-state index < -0.39 is 0 Å². The summed E-state index contributed by atoms with van der Waals surface area (Å²) in [4.78, 5) is 14.3. The van der Waals surface area contributed by atoms with Gasteiger partial charge in [0.05, 0.1) is 17.3 Å². The molecule has 0 aliphatic carbocycles. The molecule has 2 aromatic heterocycles. The SMILES string of the molecule is CC(C)N(CCCO)C(=O)c1cnn2ccccc12. The zero-order valence-corrected chi connectivity index (χ0v) is 11.3. The van der Waals surface area contributed by atoms with Crippen LogP contribution in [0.3, 0.4) is 0 Å². The maximum atomic E-state index is 12.6. The number of nitrogens with zero attached hydrogens (tertiary/aromatic N) is 3. The number of aliphatic hydroxyl groups is 1. The lowest BCUT2D eigenvalue weighted by atomic mass is 10.2. The van der Waals surface area contributed by atoms with Gasteiger partial charge in [0.25, 0.3) is 5.91 Å². The summed E-state index contributed by atoms with van der Waals surface area (Å²) in [6, 6.07) is 5.74. The van der Waals surface area contributed by atoms with Crippen LogP contribution in [-0.4, -0.2) is 44.7 Å². The second-order valence-electron chi connectivity index (χ2n) is 4.76. The van der Waals surface area contributed by atoms with Gasteiger partial charge in [-0.2, -0.15) is 5.10 Å². The zero-order chi connectivity index (χ0) is 13.8. The topological polar surface area (TPSA) is 57.8 Å². The molecule has 0 saturated carbocycles. The van der Waals surface area contributed by atoms with Crippen LogP contribution in [-0.2, 0) is 0 Å². The second-order valence-corrected chi connectivity index (χ2v) is 4.76. The first-order valence-corrected chi connectivity index (χ1v) is 6.49. The molecule has 1 N–H and O–H groups in total. The molecule has 0 aromatic carbocycles. The molecule has 5 heteroatoms. The van der Waals surface area contributed by atoms with Crippen molar-refractivity contribution in [3.05, 3.63) is 36.2 Å². The molecule has 0 saturated heterocycles. The van der Waals surface area contributed by atoms with Gasteiger partial charge in [0.15, 0.2) is 0 Å². The Morgan fingerprint density at radius 2 is 2.26 bits per heavy atom. The summed E-state index contributed by atoms with van der Waals surface area (Å²) in [5, 5.41) is 13.1. The molecule has 0 bridgehead atoms. The van der Waals surface area contributed by atoms with Gasteiger partial charge in [0.2, 0.25) is 0 Å². The lowest BCUT2D eigenvalue weighted by molar-refractivity contribution is 0.0695. The van der Waals surface area contributed by atoms with Crippen LogP contribution < -0.4 is 0 Å². The summed E-state index contributed by atoms with van der Waals surface area (Å²) in [7, 11) is 0. The fourth-order valence-corrected chi connectivity index (χ4v) is 2.09. The summed E-state index contributed by atoms with van der Waals surface area (Å²) in [5.74, 6) is -0.0374. The third kappa shape index (κ3) is 2.76. The van der Waals surface area contributed by atoms with Crippen LogP contribution in [0.4, 0.5) is 0 Å². The van der Waals surface area contributed by atoms with E-state index in [2.05, 4.69) is 5.10 Å². The Hall–Kier alpha value is -1.88. The molecular weight excluding hydrogens is 242 g/mol. The summed E-state index contributed by atoms with van der Waals surface area (Å²) in [6.07, 6.45) is 4.01. The standard InChI is InChI=1S/C14H19N3O2/c1-11(2)16(7-5-9-18)14(19)12-10-15-17-8-4-3-6-13(12)17/h3-4,6,8,10-11,18H,5,7,9H2,1-2H3. The molecule has 0 radical (unpaired) electrons. The number of amides is 1. The van der Waals surface area contributed by atoms with E-state index >= 15 is 0 Å². The van der Waals surface area contributed by atoms with Crippen molar-refractivity contribution in [3.8, 4) is 0 Å². The van der Waals surface area contributed by atoms with Gasteiger partial charge < -0.3 is 10.0 Å². The smallest absolute Gasteiger partial charge is 0.257 e. The number of aromatic nitrogens is 2. The summed E-state index contributed by atoms with van der Waals surface area (Å²) in [6.45, 7) is 4.59. The molecule has 2 rings (SSSR count). The minimum Gasteiger partial charge on any atom is -0.396 e. The van der Waals surface area contributed by atoms with Crippen LogP contribution in [0.25, 0.3) is 5.52 Å². The third-order valence-corrected chi connectivity index (χ3v) is 3.10. The normalized spacial score (nSPS) is 11.2. The Bertz CT molecular complexity index is 563. The molecule has 0 unspecified atom stereocenters. The van der Waals surface area contributed by atoms with Gasteiger partial charge in [-0.05, 0) is 32.4 Å². The molecule has 2 heterocycles. The maximum Gasteiger partial charge on any atom is 0.257 e. The Kier molecular flexibility index (Phi) is 4.16. The van der Waals surface area contributed by atoms with E-state index in [1.807, 2.05) is 38.2 Å². The van der Waals surface area contributed by atoms with Crippen molar-refractivity contribution < 1.29 is 9.90 Å². The van der Waals surface area contributed by atoms with Crippen molar-refractivity contribution in [2.45, 2.75) is 26.3 Å². The predicted octanol–water partition coefficient (Wildman–Crippen LogP) is 1.57. The van der Waals surface area contributed by atoms with Crippen LogP contribution >= 0.6 is 0 Å². The molecule has 0 fully saturated rings. The predicted molar refractivity (Wildman–Crippen MR) is 73.1 cm³/mol. The molecule has 19 heavy (non-hydrogen) atoms. The number of pyridine rings is 1. The van der Waals surface area contributed by atoms with Crippen molar-refractivity contribution in [1.82, 2.24) is 14.5 Å². The van der Waals surface area contributed by atoms with Crippen LogP contribution in [0.15, 0.2) is 30.6 Å². The Morgan fingerprint density at radius 3 is 2.95 bits per heavy atom. The fraction of sp³-hybridized carbons (Fsp3) is 0.429. The van der Waals surface area contributed by atoms with Crippen LogP contribution in [0.2, 0.25) is 0 Å². The van der Waals surface area contributed by atoms with E-state index in [9.17, 15) is 4.79 Å². The quantitative estimate of drug-likeness (QED) is 0.888. The highest BCUT2D eigenvalue weighted by Crippen LogP contribution is 2.14. The number of carbonyl (C=O) groups is 1. The first-order chi connectivity index (χ1) is 9.15. The van der Waals surface area contributed by atoms with E-state index in [1.165, 1.54) is 0 Å².